The molecule has 0 amide bonds. The fourth-order valence-corrected chi connectivity index (χ4v) is 4.62. The molecule has 0 spiro atoms. The van der Waals surface area contributed by atoms with Crippen molar-refractivity contribution >= 4 is 37.5 Å². The zero-order valence-corrected chi connectivity index (χ0v) is 15.5. The summed E-state index contributed by atoms with van der Waals surface area (Å²) in [5, 5.41) is 3.66. The van der Waals surface area contributed by atoms with Crippen LogP contribution in [0.3, 0.4) is 0 Å². The van der Waals surface area contributed by atoms with Gasteiger partial charge in [0.15, 0.2) is 0 Å². The Morgan fingerprint density at radius 3 is 2.24 bits per heavy atom. The van der Waals surface area contributed by atoms with Crippen molar-refractivity contribution in [2.75, 3.05) is 5.32 Å². The molecule has 0 bridgehead atoms. The third-order valence-corrected chi connectivity index (χ3v) is 5.44. The van der Waals surface area contributed by atoms with Gasteiger partial charge in [-0.1, -0.05) is 29.8 Å². The summed E-state index contributed by atoms with van der Waals surface area (Å²) >= 11 is 7.31. The molecule has 1 saturated carbocycles. The molecule has 21 heavy (non-hydrogen) atoms. The summed E-state index contributed by atoms with van der Waals surface area (Å²) < 4.78 is 2.27. The Kier molecular flexibility index (Phi) is 4.41. The highest BCUT2D eigenvalue weighted by Crippen LogP contribution is 2.41. The third kappa shape index (κ3) is 3.35. The zero-order chi connectivity index (χ0) is 15.0. The van der Waals surface area contributed by atoms with Gasteiger partial charge >= 0.3 is 0 Å². The van der Waals surface area contributed by atoms with Gasteiger partial charge in [0.1, 0.15) is 0 Å². The van der Waals surface area contributed by atoms with Crippen molar-refractivity contribution in [2.24, 2.45) is 0 Å². The Morgan fingerprint density at radius 2 is 1.62 bits per heavy atom. The molecule has 0 atom stereocenters. The molecule has 1 aliphatic carbocycles. The van der Waals surface area contributed by atoms with Crippen LogP contribution in [0.15, 0.2) is 45.3 Å². The Labute approximate surface area is 143 Å². The van der Waals surface area contributed by atoms with E-state index in [4.69, 9.17) is 0 Å². The van der Waals surface area contributed by atoms with E-state index in [1.54, 1.807) is 0 Å². The molecule has 0 aromatic heterocycles. The summed E-state index contributed by atoms with van der Waals surface area (Å²) in [5.41, 5.74) is 5.27. The van der Waals surface area contributed by atoms with Crippen LogP contribution in [0.4, 0.5) is 5.69 Å². The Bertz CT molecular complexity index is 637. The molecule has 0 heterocycles. The van der Waals surface area contributed by atoms with Crippen molar-refractivity contribution in [1.29, 1.82) is 0 Å². The van der Waals surface area contributed by atoms with Crippen molar-refractivity contribution in [3.05, 3.63) is 62.0 Å². The van der Waals surface area contributed by atoms with Gasteiger partial charge in [-0.15, -0.1) is 0 Å². The summed E-state index contributed by atoms with van der Waals surface area (Å²) in [6, 6.07) is 13.8. The van der Waals surface area contributed by atoms with Gasteiger partial charge in [0.25, 0.3) is 0 Å². The van der Waals surface area contributed by atoms with Crippen molar-refractivity contribution in [3.63, 3.8) is 0 Å². The fourth-order valence-electron chi connectivity index (χ4n) is 2.97. The molecule has 1 fully saturated rings. The van der Waals surface area contributed by atoms with Gasteiger partial charge in [0, 0.05) is 15.0 Å². The minimum Gasteiger partial charge on any atom is -0.380 e. The number of anilines is 1. The first-order chi connectivity index (χ1) is 10.0. The van der Waals surface area contributed by atoms with Crippen LogP contribution < -0.4 is 5.32 Å². The molecule has 0 unspecified atom stereocenters. The van der Waals surface area contributed by atoms with E-state index in [1.807, 2.05) is 0 Å². The van der Waals surface area contributed by atoms with E-state index in [0.717, 1.165) is 8.95 Å². The highest BCUT2D eigenvalue weighted by atomic mass is 79.9. The van der Waals surface area contributed by atoms with E-state index in [0.29, 0.717) is 12.0 Å². The molecule has 1 nitrogen and oxygen atoms in total. The summed E-state index contributed by atoms with van der Waals surface area (Å²) in [7, 11) is 0. The molecular formula is C18H19Br2N. The number of hydrogen-bond donors (Lipinski definition) is 1. The SMILES string of the molecule is Cc1cccc(C2CC(Nc3c(Br)cc(C)cc3Br)C2)c1. The van der Waals surface area contributed by atoms with E-state index < -0.39 is 0 Å². The van der Waals surface area contributed by atoms with Crippen LogP contribution in [0, 0.1) is 13.8 Å². The number of nitrogens with one attached hydrogen (secondary N) is 1. The maximum absolute atomic E-state index is 3.66. The topological polar surface area (TPSA) is 12.0 Å². The van der Waals surface area contributed by atoms with E-state index in [2.05, 4.69) is 87.4 Å². The quantitative estimate of drug-likeness (QED) is 0.638. The maximum Gasteiger partial charge on any atom is 0.0631 e. The summed E-state index contributed by atoms with van der Waals surface area (Å²) in [4.78, 5) is 0. The molecule has 1 aliphatic rings. The van der Waals surface area contributed by atoms with E-state index >= 15 is 0 Å². The molecule has 1 N–H and O–H groups in total. The normalized spacial score (nSPS) is 21.0. The number of aryl methyl sites for hydroxylation is 2. The van der Waals surface area contributed by atoms with Gasteiger partial charge in [0.05, 0.1) is 5.69 Å². The summed E-state index contributed by atoms with van der Waals surface area (Å²) in [6.45, 7) is 4.27. The van der Waals surface area contributed by atoms with Gasteiger partial charge in [-0.3, -0.25) is 0 Å². The molecule has 0 aliphatic heterocycles. The third-order valence-electron chi connectivity index (χ3n) is 4.19. The second-order valence-electron chi connectivity index (χ2n) is 6.03. The van der Waals surface area contributed by atoms with E-state index in [9.17, 15) is 0 Å². The molecule has 2 aromatic rings. The van der Waals surface area contributed by atoms with Gasteiger partial charge in [-0.05, 0) is 87.7 Å². The average molecular weight is 409 g/mol. The van der Waals surface area contributed by atoms with Crippen LogP contribution in [0.1, 0.15) is 35.4 Å². The first kappa shape index (κ1) is 15.1. The smallest absolute Gasteiger partial charge is 0.0631 e. The van der Waals surface area contributed by atoms with Gasteiger partial charge in [0.2, 0.25) is 0 Å². The second kappa shape index (κ2) is 6.13. The predicted molar refractivity (Wildman–Crippen MR) is 97.1 cm³/mol. The first-order valence-corrected chi connectivity index (χ1v) is 8.90. The average Bonchev–Trinajstić information content (AvgIpc) is 2.35. The molecule has 3 heteroatoms. The van der Waals surface area contributed by atoms with Crippen molar-refractivity contribution in [1.82, 2.24) is 0 Å². The predicted octanol–water partition coefficient (Wildman–Crippen LogP) is 6.19. The fraction of sp³-hybridized carbons (Fsp3) is 0.333. The zero-order valence-electron chi connectivity index (χ0n) is 12.3. The van der Waals surface area contributed by atoms with Crippen LogP contribution in [-0.4, -0.2) is 6.04 Å². The molecule has 2 aromatic carbocycles. The lowest BCUT2D eigenvalue weighted by atomic mass is 9.75. The standard InChI is InChI=1S/C18H19Br2N/c1-11-4-3-5-13(6-11)14-9-15(10-14)21-18-16(19)7-12(2)8-17(18)20/h3-8,14-15,21H,9-10H2,1-2H3. The largest absolute Gasteiger partial charge is 0.380 e. The van der Waals surface area contributed by atoms with Crippen LogP contribution in [0.5, 0.6) is 0 Å². The van der Waals surface area contributed by atoms with Gasteiger partial charge < -0.3 is 5.32 Å². The van der Waals surface area contributed by atoms with Crippen molar-refractivity contribution in [3.8, 4) is 0 Å². The molecular weight excluding hydrogens is 390 g/mol. The van der Waals surface area contributed by atoms with Gasteiger partial charge in [-0.2, -0.15) is 0 Å². The molecule has 3 rings (SSSR count). The molecule has 0 saturated heterocycles. The van der Waals surface area contributed by atoms with Crippen LogP contribution in [0.25, 0.3) is 0 Å². The van der Waals surface area contributed by atoms with Crippen molar-refractivity contribution < 1.29 is 0 Å². The highest BCUT2D eigenvalue weighted by Gasteiger charge is 2.30. The van der Waals surface area contributed by atoms with E-state index in [-0.39, 0.29) is 0 Å². The maximum atomic E-state index is 3.66. The monoisotopic (exact) mass is 407 g/mol. The van der Waals surface area contributed by atoms with Gasteiger partial charge in [-0.25, -0.2) is 0 Å². The summed E-state index contributed by atoms with van der Waals surface area (Å²) in [5.74, 6) is 0.699. The summed E-state index contributed by atoms with van der Waals surface area (Å²) in [6.07, 6.45) is 2.41. The lowest BCUT2D eigenvalue weighted by molar-refractivity contribution is 0.374. The second-order valence-corrected chi connectivity index (χ2v) is 7.74. The number of rotatable bonds is 3. The molecule has 0 radical (unpaired) electrons. The molecule has 110 valence electrons. The van der Waals surface area contributed by atoms with E-state index in [1.165, 1.54) is 35.2 Å². The van der Waals surface area contributed by atoms with Crippen LogP contribution in [0.2, 0.25) is 0 Å². The number of hydrogen-bond acceptors (Lipinski definition) is 1. The Morgan fingerprint density at radius 1 is 0.952 bits per heavy atom. The Balaban J connectivity index is 1.65. The Hall–Kier alpha value is -0.800. The van der Waals surface area contributed by atoms with Crippen molar-refractivity contribution in [2.45, 2.75) is 38.6 Å². The first-order valence-electron chi connectivity index (χ1n) is 7.31. The number of benzene rings is 2. The highest BCUT2D eigenvalue weighted by molar-refractivity contribution is 9.11. The van der Waals surface area contributed by atoms with Crippen LogP contribution in [-0.2, 0) is 0 Å². The number of halogens is 2. The minimum absolute atomic E-state index is 0.561. The van der Waals surface area contributed by atoms with Crippen LogP contribution >= 0.6 is 31.9 Å². The lowest BCUT2D eigenvalue weighted by Crippen LogP contribution is -2.34. The lowest BCUT2D eigenvalue weighted by Gasteiger charge is -2.37. The minimum atomic E-state index is 0.561.